The van der Waals surface area contributed by atoms with Crippen molar-refractivity contribution in [1.29, 1.82) is 0 Å². The fourth-order valence-corrected chi connectivity index (χ4v) is 3.01. The molecule has 2 aromatic carbocycles. The van der Waals surface area contributed by atoms with Crippen LogP contribution < -0.4 is 25.7 Å². The highest BCUT2D eigenvalue weighted by Crippen LogP contribution is 2.40. The number of ether oxygens (including phenoxy) is 3. The highest BCUT2D eigenvalue weighted by atomic mass is 16.5. The highest BCUT2D eigenvalue weighted by molar-refractivity contribution is 5.78. The average Bonchev–Trinajstić information content (AvgIpc) is 2.70. The van der Waals surface area contributed by atoms with Gasteiger partial charge in [-0.1, -0.05) is 12.1 Å². The predicted molar refractivity (Wildman–Crippen MR) is 110 cm³/mol. The lowest BCUT2D eigenvalue weighted by molar-refractivity contribution is 0.337. The number of hydrogen-bond donors (Lipinski definition) is 2. The van der Waals surface area contributed by atoms with E-state index in [2.05, 4.69) is 9.97 Å². The van der Waals surface area contributed by atoms with Crippen LogP contribution in [-0.2, 0) is 6.42 Å². The van der Waals surface area contributed by atoms with Crippen LogP contribution in [-0.4, -0.2) is 30.8 Å². The Morgan fingerprint density at radius 3 is 2.29 bits per heavy atom. The van der Waals surface area contributed by atoms with E-state index >= 15 is 0 Å². The lowest BCUT2D eigenvalue weighted by Crippen LogP contribution is -2.05. The third-order valence-electron chi connectivity index (χ3n) is 4.34. The molecule has 0 bridgehead atoms. The van der Waals surface area contributed by atoms with Gasteiger partial charge in [-0.3, -0.25) is 0 Å². The Balaban J connectivity index is 2.05. The van der Waals surface area contributed by atoms with Crippen molar-refractivity contribution in [3.05, 3.63) is 53.7 Å². The topological polar surface area (TPSA) is 106 Å². The molecule has 0 atom stereocenters. The zero-order valence-electron chi connectivity index (χ0n) is 16.2. The lowest BCUT2D eigenvalue weighted by Gasteiger charge is -2.17. The molecule has 3 rings (SSSR count). The average molecular weight is 380 g/mol. The van der Waals surface area contributed by atoms with Gasteiger partial charge in [0.1, 0.15) is 23.1 Å². The van der Waals surface area contributed by atoms with Crippen LogP contribution in [0.4, 0.5) is 11.8 Å². The molecule has 28 heavy (non-hydrogen) atoms. The number of nitrogens with two attached hydrogens (primary N) is 2. The summed E-state index contributed by atoms with van der Waals surface area (Å²) >= 11 is 0. The van der Waals surface area contributed by atoms with Gasteiger partial charge < -0.3 is 25.7 Å². The van der Waals surface area contributed by atoms with E-state index in [0.717, 1.165) is 33.8 Å². The predicted octanol–water partition coefficient (Wildman–Crippen LogP) is 3.31. The Morgan fingerprint density at radius 1 is 0.964 bits per heavy atom. The maximum absolute atomic E-state index is 5.98. The van der Waals surface area contributed by atoms with Crippen LogP contribution in [0.25, 0.3) is 11.1 Å². The molecule has 0 aliphatic heterocycles. The lowest BCUT2D eigenvalue weighted by atomic mass is 9.98. The Morgan fingerprint density at radius 2 is 1.68 bits per heavy atom. The van der Waals surface area contributed by atoms with Gasteiger partial charge in [0.25, 0.3) is 0 Å². The van der Waals surface area contributed by atoms with Crippen LogP contribution in [0.3, 0.4) is 0 Å². The molecule has 7 heteroatoms. The quantitative estimate of drug-likeness (QED) is 0.648. The Kier molecular flexibility index (Phi) is 5.84. The molecule has 0 radical (unpaired) electrons. The number of aromatic nitrogens is 2. The highest BCUT2D eigenvalue weighted by Gasteiger charge is 2.16. The molecule has 0 fully saturated rings. The SMILES string of the molecule is CCOc1cc(Cc2cnc(N)nc2N)cc(OC)c1-c1ccc(OC)cc1. The van der Waals surface area contributed by atoms with Crippen molar-refractivity contribution < 1.29 is 14.2 Å². The third kappa shape index (κ3) is 4.09. The molecule has 0 aliphatic carbocycles. The van der Waals surface area contributed by atoms with Crippen molar-refractivity contribution in [2.24, 2.45) is 0 Å². The molecule has 7 nitrogen and oxygen atoms in total. The van der Waals surface area contributed by atoms with Crippen molar-refractivity contribution in [3.63, 3.8) is 0 Å². The molecule has 0 spiro atoms. The second-order valence-corrected chi connectivity index (χ2v) is 6.15. The zero-order valence-corrected chi connectivity index (χ0v) is 16.2. The van der Waals surface area contributed by atoms with Crippen LogP contribution in [0.2, 0.25) is 0 Å². The van der Waals surface area contributed by atoms with Crippen LogP contribution >= 0.6 is 0 Å². The summed E-state index contributed by atoms with van der Waals surface area (Å²) in [4.78, 5) is 8.05. The summed E-state index contributed by atoms with van der Waals surface area (Å²) in [5.41, 5.74) is 15.2. The van der Waals surface area contributed by atoms with Gasteiger partial charge in [-0.05, 0) is 42.3 Å². The molecule has 0 saturated heterocycles. The number of nitrogens with zero attached hydrogens (tertiary/aromatic N) is 2. The van der Waals surface area contributed by atoms with E-state index in [0.29, 0.717) is 24.6 Å². The number of rotatable bonds is 7. The molecule has 0 aliphatic rings. The summed E-state index contributed by atoms with van der Waals surface area (Å²) < 4.78 is 16.9. The maximum atomic E-state index is 5.98. The van der Waals surface area contributed by atoms with Gasteiger partial charge in [0, 0.05) is 18.2 Å². The fraction of sp³-hybridized carbons (Fsp3) is 0.238. The first-order valence-electron chi connectivity index (χ1n) is 8.90. The molecule has 3 aromatic rings. The first-order valence-corrected chi connectivity index (χ1v) is 8.90. The molecule has 4 N–H and O–H groups in total. The molecule has 0 unspecified atom stereocenters. The summed E-state index contributed by atoms with van der Waals surface area (Å²) in [6.45, 7) is 2.48. The van der Waals surface area contributed by atoms with Gasteiger partial charge in [0.15, 0.2) is 0 Å². The number of anilines is 2. The zero-order chi connectivity index (χ0) is 20.1. The molecule has 1 aromatic heterocycles. The number of hydrogen-bond acceptors (Lipinski definition) is 7. The van der Waals surface area contributed by atoms with Gasteiger partial charge in [-0.2, -0.15) is 4.98 Å². The van der Waals surface area contributed by atoms with Crippen LogP contribution in [0, 0.1) is 0 Å². The Bertz CT molecular complexity index is 959. The van der Waals surface area contributed by atoms with Gasteiger partial charge in [-0.25, -0.2) is 4.98 Å². The van der Waals surface area contributed by atoms with Crippen molar-refractivity contribution in [3.8, 4) is 28.4 Å². The molecular weight excluding hydrogens is 356 g/mol. The Hall–Kier alpha value is -3.48. The minimum Gasteiger partial charge on any atom is -0.497 e. The standard InChI is InChI=1S/C21H24N4O3/c1-4-28-18-11-13(9-15-12-24-21(23)25-20(15)22)10-17(27-3)19(18)14-5-7-16(26-2)8-6-14/h5-8,10-12H,4,9H2,1-3H3,(H4,22,23,24,25). The number of benzene rings is 2. The largest absolute Gasteiger partial charge is 0.497 e. The molecule has 0 saturated carbocycles. The van der Waals surface area contributed by atoms with Gasteiger partial charge in [-0.15, -0.1) is 0 Å². The van der Waals surface area contributed by atoms with E-state index < -0.39 is 0 Å². The summed E-state index contributed by atoms with van der Waals surface area (Å²) in [7, 11) is 3.28. The van der Waals surface area contributed by atoms with E-state index in [4.69, 9.17) is 25.7 Å². The van der Waals surface area contributed by atoms with Crippen LogP contribution in [0.15, 0.2) is 42.6 Å². The van der Waals surface area contributed by atoms with Crippen molar-refractivity contribution in [2.45, 2.75) is 13.3 Å². The van der Waals surface area contributed by atoms with Crippen LogP contribution in [0.5, 0.6) is 17.2 Å². The number of nitrogen functional groups attached to an aromatic ring is 2. The summed E-state index contributed by atoms with van der Waals surface area (Å²) in [5.74, 6) is 2.75. The smallest absolute Gasteiger partial charge is 0.221 e. The van der Waals surface area contributed by atoms with E-state index in [9.17, 15) is 0 Å². The monoisotopic (exact) mass is 380 g/mol. The minimum absolute atomic E-state index is 0.156. The van der Waals surface area contributed by atoms with Crippen LogP contribution in [0.1, 0.15) is 18.1 Å². The van der Waals surface area contributed by atoms with E-state index in [1.54, 1.807) is 20.4 Å². The van der Waals surface area contributed by atoms with Crippen molar-refractivity contribution >= 4 is 11.8 Å². The first-order chi connectivity index (χ1) is 13.5. The van der Waals surface area contributed by atoms with Gasteiger partial charge in [0.05, 0.1) is 26.4 Å². The summed E-state index contributed by atoms with van der Waals surface area (Å²) in [5, 5.41) is 0. The second kappa shape index (κ2) is 8.47. The third-order valence-corrected chi connectivity index (χ3v) is 4.34. The van der Waals surface area contributed by atoms with E-state index in [1.807, 2.05) is 43.3 Å². The van der Waals surface area contributed by atoms with Gasteiger partial charge in [0.2, 0.25) is 5.95 Å². The Labute approximate surface area is 164 Å². The van der Waals surface area contributed by atoms with E-state index in [1.165, 1.54) is 0 Å². The number of methoxy groups -OCH3 is 2. The van der Waals surface area contributed by atoms with Crippen molar-refractivity contribution in [1.82, 2.24) is 9.97 Å². The summed E-state index contributed by atoms with van der Waals surface area (Å²) in [6.07, 6.45) is 2.17. The molecule has 1 heterocycles. The molecule has 0 amide bonds. The minimum atomic E-state index is 0.156. The van der Waals surface area contributed by atoms with Crippen molar-refractivity contribution in [2.75, 3.05) is 32.3 Å². The summed E-state index contributed by atoms with van der Waals surface area (Å²) in [6, 6.07) is 11.7. The normalized spacial score (nSPS) is 10.5. The maximum Gasteiger partial charge on any atom is 0.221 e. The molecular formula is C21H24N4O3. The first kappa shape index (κ1) is 19.3. The van der Waals surface area contributed by atoms with Gasteiger partial charge >= 0.3 is 0 Å². The second-order valence-electron chi connectivity index (χ2n) is 6.15. The fourth-order valence-electron chi connectivity index (χ4n) is 3.01. The molecule has 146 valence electrons. The van der Waals surface area contributed by atoms with E-state index in [-0.39, 0.29) is 5.95 Å².